The van der Waals surface area contributed by atoms with E-state index in [-0.39, 0.29) is 11.6 Å². The van der Waals surface area contributed by atoms with Gasteiger partial charge in [-0.15, -0.1) is 0 Å². The Hall–Kier alpha value is -3.57. The summed E-state index contributed by atoms with van der Waals surface area (Å²) < 4.78 is 31.4. The van der Waals surface area contributed by atoms with Crippen molar-refractivity contribution in [3.63, 3.8) is 0 Å². The smallest absolute Gasteiger partial charge is 0.161 e. The van der Waals surface area contributed by atoms with Gasteiger partial charge in [0.1, 0.15) is 11.6 Å². The van der Waals surface area contributed by atoms with Gasteiger partial charge >= 0.3 is 0 Å². The van der Waals surface area contributed by atoms with Crippen LogP contribution >= 0.6 is 0 Å². The quantitative estimate of drug-likeness (QED) is 0.211. The number of allylic oxidation sites excluding steroid dienone is 1. The summed E-state index contributed by atoms with van der Waals surface area (Å²) in [5, 5.41) is 6.64. The van der Waals surface area contributed by atoms with Crippen molar-refractivity contribution < 1.29 is 13.6 Å². The van der Waals surface area contributed by atoms with Crippen LogP contribution in [0.25, 0.3) is 22.3 Å². The number of carbonyl (C=O) groups excluding carboxylic acids is 1. The molecule has 1 aliphatic rings. The van der Waals surface area contributed by atoms with Gasteiger partial charge in [-0.3, -0.25) is 4.79 Å². The van der Waals surface area contributed by atoms with Crippen LogP contribution in [0.15, 0.2) is 73.0 Å². The Morgan fingerprint density at radius 2 is 1.66 bits per heavy atom. The van der Waals surface area contributed by atoms with Crippen LogP contribution in [0.1, 0.15) is 56.2 Å². The molecule has 38 heavy (non-hydrogen) atoms. The molecule has 0 unspecified atom stereocenters. The number of benzene rings is 3. The Kier molecular flexibility index (Phi) is 8.58. The van der Waals surface area contributed by atoms with Crippen molar-refractivity contribution in [2.24, 2.45) is 0 Å². The molecule has 3 aromatic rings. The highest BCUT2D eigenvalue weighted by Crippen LogP contribution is 2.36. The summed E-state index contributed by atoms with van der Waals surface area (Å²) in [4.78, 5) is 11.7. The van der Waals surface area contributed by atoms with Gasteiger partial charge < -0.3 is 10.6 Å². The zero-order valence-corrected chi connectivity index (χ0v) is 22.5. The van der Waals surface area contributed by atoms with Gasteiger partial charge in [0.05, 0.1) is 0 Å². The van der Waals surface area contributed by atoms with Crippen molar-refractivity contribution >= 4 is 11.5 Å². The van der Waals surface area contributed by atoms with Gasteiger partial charge in [-0.05, 0) is 67.5 Å². The molecule has 0 aliphatic heterocycles. The number of nitrogens with one attached hydrogen (secondary N) is 2. The summed E-state index contributed by atoms with van der Waals surface area (Å²) in [6, 6.07) is 14.5. The maximum atomic E-state index is 16.0. The highest BCUT2D eigenvalue weighted by Gasteiger charge is 2.20. The highest BCUT2D eigenvalue weighted by molar-refractivity contribution is 5.97. The van der Waals surface area contributed by atoms with Crippen LogP contribution in [0, 0.1) is 18.6 Å². The molecule has 5 heteroatoms. The first-order valence-corrected chi connectivity index (χ1v) is 13.3. The van der Waals surface area contributed by atoms with E-state index in [1.165, 1.54) is 25.8 Å². The number of halogens is 2. The lowest BCUT2D eigenvalue weighted by atomic mass is 9.92. The lowest BCUT2D eigenvalue weighted by molar-refractivity contribution is -0.113. The molecule has 0 aromatic heterocycles. The molecule has 1 aliphatic carbocycles. The molecule has 1 saturated carbocycles. The molecule has 3 aromatic carbocycles. The van der Waals surface area contributed by atoms with Crippen molar-refractivity contribution in [3.05, 3.63) is 101 Å². The molecule has 0 heterocycles. The zero-order chi connectivity index (χ0) is 27.4. The van der Waals surface area contributed by atoms with Gasteiger partial charge in [0.25, 0.3) is 0 Å². The van der Waals surface area contributed by atoms with Gasteiger partial charge in [0.2, 0.25) is 0 Å². The molecule has 0 spiro atoms. The van der Waals surface area contributed by atoms with Crippen LogP contribution in [0.4, 0.5) is 14.5 Å². The summed E-state index contributed by atoms with van der Waals surface area (Å²) in [6.45, 7) is 13.5. The van der Waals surface area contributed by atoms with Gasteiger partial charge in [-0.1, -0.05) is 69.3 Å². The summed E-state index contributed by atoms with van der Waals surface area (Å²) in [7, 11) is 0. The third kappa shape index (κ3) is 5.78. The van der Waals surface area contributed by atoms with Crippen LogP contribution < -0.4 is 10.6 Å². The number of carbonyl (C=O) groups is 1. The van der Waals surface area contributed by atoms with Gasteiger partial charge in [0, 0.05) is 46.2 Å². The predicted molar refractivity (Wildman–Crippen MR) is 153 cm³/mol. The minimum atomic E-state index is -0.405. The van der Waals surface area contributed by atoms with Crippen LogP contribution in [-0.2, 0) is 17.8 Å². The van der Waals surface area contributed by atoms with Crippen molar-refractivity contribution in [2.75, 3.05) is 5.32 Å². The minimum absolute atomic E-state index is 0.172. The first-order chi connectivity index (χ1) is 18.2. The van der Waals surface area contributed by atoms with Crippen LogP contribution in [0.5, 0.6) is 0 Å². The first-order valence-electron chi connectivity index (χ1n) is 13.3. The topological polar surface area (TPSA) is 41.1 Å². The molecular weight excluding hydrogens is 478 g/mol. The Balaban J connectivity index is 1.67. The molecule has 0 radical (unpaired) electrons. The third-order valence-electron chi connectivity index (χ3n) is 7.60. The van der Waals surface area contributed by atoms with E-state index >= 15 is 8.78 Å². The summed E-state index contributed by atoms with van der Waals surface area (Å²) in [5.74, 6) is -0.881. The van der Waals surface area contributed by atoms with Crippen molar-refractivity contribution in [1.29, 1.82) is 0 Å². The van der Waals surface area contributed by atoms with Crippen molar-refractivity contribution in [1.82, 2.24) is 5.32 Å². The Morgan fingerprint density at radius 3 is 2.34 bits per heavy atom. The highest BCUT2D eigenvalue weighted by atomic mass is 19.1. The van der Waals surface area contributed by atoms with E-state index in [0.29, 0.717) is 63.8 Å². The average Bonchev–Trinajstić information content (AvgIpc) is 3.42. The lowest BCUT2D eigenvalue weighted by Gasteiger charge is -2.18. The van der Waals surface area contributed by atoms with E-state index in [9.17, 15) is 4.79 Å². The second-order valence-electron chi connectivity index (χ2n) is 10.1. The largest absolute Gasteiger partial charge is 0.355 e. The zero-order valence-electron chi connectivity index (χ0n) is 22.5. The van der Waals surface area contributed by atoms with E-state index in [4.69, 9.17) is 0 Å². The molecular formula is C33H36F2N2O. The van der Waals surface area contributed by atoms with Crippen LogP contribution in [0.3, 0.4) is 0 Å². The Bertz CT molecular complexity index is 1390. The van der Waals surface area contributed by atoms with Crippen LogP contribution in [-0.4, -0.2) is 11.8 Å². The van der Waals surface area contributed by atoms with E-state index < -0.39 is 5.82 Å². The molecule has 0 amide bonds. The minimum Gasteiger partial charge on any atom is -0.355 e. The lowest BCUT2D eigenvalue weighted by Crippen LogP contribution is -2.26. The Labute approximate surface area is 224 Å². The van der Waals surface area contributed by atoms with Crippen molar-refractivity contribution in [2.45, 2.75) is 65.5 Å². The van der Waals surface area contributed by atoms with E-state index in [1.807, 2.05) is 38.1 Å². The number of ketones is 1. The number of hydrogen-bond donors (Lipinski definition) is 2. The SMILES string of the molecule is C=C(Nc1cccc(-c2cccc(-c3cc(F)c(CNC4CCCC4)c(CC)c3)c2F)c1C)C(=C)C(C)=O. The summed E-state index contributed by atoms with van der Waals surface area (Å²) in [5.41, 5.74) is 5.77. The van der Waals surface area contributed by atoms with Crippen LogP contribution in [0.2, 0.25) is 0 Å². The normalized spacial score (nSPS) is 13.5. The number of aryl methyl sites for hydroxylation is 1. The second kappa shape index (κ2) is 11.9. The monoisotopic (exact) mass is 514 g/mol. The third-order valence-corrected chi connectivity index (χ3v) is 7.60. The molecule has 0 bridgehead atoms. The molecule has 1 fully saturated rings. The fraction of sp³-hybridized carbons (Fsp3) is 0.303. The molecule has 4 rings (SSSR count). The second-order valence-corrected chi connectivity index (χ2v) is 10.1. The number of rotatable bonds is 10. The van der Waals surface area contributed by atoms with E-state index in [1.54, 1.807) is 18.2 Å². The summed E-state index contributed by atoms with van der Waals surface area (Å²) >= 11 is 0. The van der Waals surface area contributed by atoms with Gasteiger partial charge in [-0.25, -0.2) is 8.78 Å². The Morgan fingerprint density at radius 1 is 1.00 bits per heavy atom. The number of Topliss-reactive ketones (excluding diaryl/α,β-unsaturated/α-hetero) is 1. The standard InChI is InChI=1S/C33H36F2N2O/c1-6-24-17-25(18-31(34)30(24)19-36-26-11-7-8-12-26)28-14-9-15-29(33(28)35)27-13-10-16-32(21(27)3)37-22(4)20(2)23(5)38/h9-10,13-18,26,36-37H,2,4,6-8,11-12,19H2,1,3,5H3. The number of hydrogen-bond acceptors (Lipinski definition) is 3. The molecule has 0 atom stereocenters. The summed E-state index contributed by atoms with van der Waals surface area (Å²) in [6.07, 6.45) is 5.37. The average molecular weight is 515 g/mol. The predicted octanol–water partition coefficient (Wildman–Crippen LogP) is 8.27. The number of anilines is 1. The van der Waals surface area contributed by atoms with E-state index in [0.717, 1.165) is 24.0 Å². The molecule has 2 N–H and O–H groups in total. The maximum Gasteiger partial charge on any atom is 0.161 e. The maximum absolute atomic E-state index is 16.0. The first kappa shape index (κ1) is 27.5. The van der Waals surface area contributed by atoms with E-state index in [2.05, 4.69) is 23.8 Å². The van der Waals surface area contributed by atoms with Crippen molar-refractivity contribution in [3.8, 4) is 22.3 Å². The molecule has 198 valence electrons. The molecule has 0 saturated heterocycles. The van der Waals surface area contributed by atoms with Gasteiger partial charge in [-0.2, -0.15) is 0 Å². The molecule has 3 nitrogen and oxygen atoms in total. The van der Waals surface area contributed by atoms with Gasteiger partial charge in [0.15, 0.2) is 5.78 Å². The fourth-order valence-electron chi connectivity index (χ4n) is 5.22. The fourth-order valence-corrected chi connectivity index (χ4v) is 5.22.